The zero-order valence-electron chi connectivity index (χ0n) is 15.2. The summed E-state index contributed by atoms with van der Waals surface area (Å²) in [4.78, 5) is 13.2. The molecule has 3 rings (SSSR count). The maximum Gasteiger partial charge on any atom is 0.292 e. The van der Waals surface area contributed by atoms with Crippen molar-refractivity contribution in [1.82, 2.24) is 4.90 Å². The van der Waals surface area contributed by atoms with Crippen LogP contribution in [-0.2, 0) is 19.7 Å². The Balaban J connectivity index is 1.72. The van der Waals surface area contributed by atoms with E-state index >= 15 is 0 Å². The maximum atomic E-state index is 11.3. The Hall–Kier alpha value is -2.48. The highest BCUT2D eigenvalue weighted by Crippen LogP contribution is 2.27. The number of hydrogen-bond acceptors (Lipinski definition) is 6. The number of nitro benzene ring substituents is 1. The average Bonchev–Trinajstić information content (AvgIpc) is 2.68. The zero-order chi connectivity index (χ0) is 19.2. The van der Waals surface area contributed by atoms with Crippen molar-refractivity contribution in [3.8, 4) is 0 Å². The van der Waals surface area contributed by atoms with Crippen LogP contribution < -0.4 is 5.32 Å². The van der Waals surface area contributed by atoms with Gasteiger partial charge in [-0.15, -0.1) is 0 Å². The summed E-state index contributed by atoms with van der Waals surface area (Å²) in [6.07, 6.45) is 1.39. The fraction of sp³-hybridized carbons (Fsp3) is 0.400. The Bertz CT molecular complexity index is 789. The zero-order valence-corrected chi connectivity index (χ0v) is 15.2. The number of anilines is 1. The minimum Gasteiger partial charge on any atom is -0.393 e. The normalized spacial score (nSPS) is 15.6. The summed E-state index contributed by atoms with van der Waals surface area (Å²) in [5.74, 6) is 0. The van der Waals surface area contributed by atoms with E-state index in [-0.39, 0.29) is 18.4 Å². The van der Waals surface area contributed by atoms with Crippen molar-refractivity contribution < 1.29 is 15.1 Å². The number of nitro groups is 1. The summed E-state index contributed by atoms with van der Waals surface area (Å²) in [5, 5.41) is 33.4. The molecule has 2 aromatic rings. The summed E-state index contributed by atoms with van der Waals surface area (Å²) in [7, 11) is 0. The molecule has 2 aromatic carbocycles. The van der Waals surface area contributed by atoms with E-state index in [1.54, 1.807) is 12.1 Å². The molecule has 1 heterocycles. The van der Waals surface area contributed by atoms with Crippen LogP contribution in [0.2, 0.25) is 0 Å². The van der Waals surface area contributed by atoms with Gasteiger partial charge >= 0.3 is 0 Å². The minimum atomic E-state index is -0.422. The predicted octanol–water partition coefficient (Wildman–Crippen LogP) is 2.66. The summed E-state index contributed by atoms with van der Waals surface area (Å²) in [6.45, 7) is 2.83. The lowest BCUT2D eigenvalue weighted by molar-refractivity contribution is -0.384. The molecule has 0 radical (unpaired) electrons. The lowest BCUT2D eigenvalue weighted by Gasteiger charge is -2.30. The lowest BCUT2D eigenvalue weighted by atomic mass is 10.0. The molecule has 27 heavy (non-hydrogen) atoms. The average molecular weight is 371 g/mol. The van der Waals surface area contributed by atoms with Crippen molar-refractivity contribution in [2.75, 3.05) is 18.4 Å². The highest BCUT2D eigenvalue weighted by Gasteiger charge is 2.18. The van der Waals surface area contributed by atoms with E-state index in [1.807, 2.05) is 18.2 Å². The van der Waals surface area contributed by atoms with Crippen molar-refractivity contribution in [3.63, 3.8) is 0 Å². The fourth-order valence-electron chi connectivity index (χ4n) is 3.38. The van der Waals surface area contributed by atoms with Gasteiger partial charge in [-0.1, -0.05) is 24.3 Å². The van der Waals surface area contributed by atoms with E-state index in [2.05, 4.69) is 16.3 Å². The first-order valence-electron chi connectivity index (χ1n) is 9.16. The second kappa shape index (κ2) is 8.94. The third-order valence-electron chi connectivity index (χ3n) is 4.98. The quantitative estimate of drug-likeness (QED) is 0.511. The van der Waals surface area contributed by atoms with Crippen LogP contribution in [-0.4, -0.2) is 39.2 Å². The van der Waals surface area contributed by atoms with Crippen molar-refractivity contribution in [1.29, 1.82) is 0 Å². The molecule has 1 saturated heterocycles. The van der Waals surface area contributed by atoms with E-state index in [0.717, 1.165) is 38.0 Å². The first-order valence-corrected chi connectivity index (χ1v) is 9.16. The first kappa shape index (κ1) is 19.3. The van der Waals surface area contributed by atoms with Crippen LogP contribution in [0.15, 0.2) is 42.5 Å². The number of benzene rings is 2. The fourth-order valence-corrected chi connectivity index (χ4v) is 3.38. The molecule has 0 bridgehead atoms. The van der Waals surface area contributed by atoms with Crippen molar-refractivity contribution in [2.24, 2.45) is 0 Å². The molecular formula is C20H25N3O4. The highest BCUT2D eigenvalue weighted by atomic mass is 16.6. The van der Waals surface area contributed by atoms with E-state index < -0.39 is 4.92 Å². The van der Waals surface area contributed by atoms with Crippen LogP contribution in [0, 0.1) is 10.1 Å². The first-order chi connectivity index (χ1) is 13.1. The van der Waals surface area contributed by atoms with Gasteiger partial charge in [-0.2, -0.15) is 0 Å². The number of likely N-dealkylation sites (tertiary alicyclic amines) is 1. The molecule has 0 aromatic heterocycles. The largest absolute Gasteiger partial charge is 0.393 e. The monoisotopic (exact) mass is 371 g/mol. The molecule has 1 aliphatic rings. The summed E-state index contributed by atoms with van der Waals surface area (Å²) in [6, 6.07) is 12.6. The third-order valence-corrected chi connectivity index (χ3v) is 4.98. The Kier molecular flexibility index (Phi) is 6.39. The van der Waals surface area contributed by atoms with Gasteiger partial charge in [0, 0.05) is 32.2 Å². The van der Waals surface area contributed by atoms with E-state index in [4.69, 9.17) is 0 Å². The predicted molar refractivity (Wildman–Crippen MR) is 103 cm³/mol. The molecule has 0 unspecified atom stereocenters. The molecule has 0 saturated carbocycles. The van der Waals surface area contributed by atoms with Gasteiger partial charge in [0.1, 0.15) is 5.69 Å². The van der Waals surface area contributed by atoms with Gasteiger partial charge in [-0.3, -0.25) is 15.0 Å². The standard InChI is InChI=1S/C20H25N3O4/c24-14-15-5-6-20(23(26)27)19(11-15)21-12-16-3-1-2-4-17(16)13-22-9-7-18(25)8-10-22/h1-6,11,18,21,24-25H,7-10,12-14H2. The van der Waals surface area contributed by atoms with Crippen LogP contribution in [0.25, 0.3) is 0 Å². The van der Waals surface area contributed by atoms with Crippen molar-refractivity contribution >= 4 is 11.4 Å². The minimum absolute atomic E-state index is 0.00491. The molecule has 0 aliphatic carbocycles. The van der Waals surface area contributed by atoms with E-state index in [0.29, 0.717) is 17.8 Å². The molecule has 0 atom stereocenters. The van der Waals surface area contributed by atoms with Gasteiger partial charge in [0.2, 0.25) is 0 Å². The van der Waals surface area contributed by atoms with Gasteiger partial charge in [0.25, 0.3) is 5.69 Å². The summed E-state index contributed by atoms with van der Waals surface area (Å²) >= 11 is 0. The Morgan fingerprint density at radius 1 is 1.15 bits per heavy atom. The molecule has 7 heteroatoms. The molecular weight excluding hydrogens is 346 g/mol. The smallest absolute Gasteiger partial charge is 0.292 e. The lowest BCUT2D eigenvalue weighted by Crippen LogP contribution is -2.35. The molecule has 0 amide bonds. The molecule has 0 spiro atoms. The number of nitrogens with zero attached hydrogens (tertiary/aromatic N) is 2. The molecule has 7 nitrogen and oxygen atoms in total. The SMILES string of the molecule is O=[N+]([O-])c1ccc(CO)cc1NCc1ccccc1CN1CCC(O)CC1. The second-order valence-electron chi connectivity index (χ2n) is 6.90. The van der Waals surface area contributed by atoms with Gasteiger partial charge in [-0.25, -0.2) is 0 Å². The van der Waals surface area contributed by atoms with Gasteiger partial charge in [-0.05, 0) is 41.7 Å². The molecule has 1 aliphatic heterocycles. The van der Waals surface area contributed by atoms with Gasteiger partial charge < -0.3 is 15.5 Å². The van der Waals surface area contributed by atoms with Crippen molar-refractivity contribution in [3.05, 3.63) is 69.3 Å². The Morgan fingerprint density at radius 3 is 2.52 bits per heavy atom. The van der Waals surface area contributed by atoms with Crippen molar-refractivity contribution in [2.45, 2.75) is 38.6 Å². The Morgan fingerprint density at radius 2 is 1.85 bits per heavy atom. The van der Waals surface area contributed by atoms with Crippen LogP contribution in [0.4, 0.5) is 11.4 Å². The van der Waals surface area contributed by atoms with E-state index in [9.17, 15) is 20.3 Å². The maximum absolute atomic E-state index is 11.3. The van der Waals surface area contributed by atoms with E-state index in [1.165, 1.54) is 11.6 Å². The number of aliphatic hydroxyl groups excluding tert-OH is 2. The van der Waals surface area contributed by atoms with Crippen LogP contribution in [0.1, 0.15) is 29.5 Å². The summed E-state index contributed by atoms with van der Waals surface area (Å²) in [5.41, 5.74) is 3.27. The topological polar surface area (TPSA) is 98.9 Å². The van der Waals surface area contributed by atoms with Crippen LogP contribution >= 0.6 is 0 Å². The summed E-state index contributed by atoms with van der Waals surface area (Å²) < 4.78 is 0. The third kappa shape index (κ3) is 5.03. The second-order valence-corrected chi connectivity index (χ2v) is 6.90. The number of rotatable bonds is 7. The van der Waals surface area contributed by atoms with Crippen LogP contribution in [0.5, 0.6) is 0 Å². The highest BCUT2D eigenvalue weighted by molar-refractivity contribution is 5.63. The molecule has 144 valence electrons. The molecule has 3 N–H and O–H groups in total. The van der Waals surface area contributed by atoms with Gasteiger partial charge in [0.15, 0.2) is 0 Å². The Labute approximate surface area is 158 Å². The van der Waals surface area contributed by atoms with Crippen LogP contribution in [0.3, 0.4) is 0 Å². The number of nitrogens with one attached hydrogen (secondary N) is 1. The molecule has 1 fully saturated rings. The van der Waals surface area contributed by atoms with Gasteiger partial charge in [0.05, 0.1) is 17.6 Å². The number of piperidine rings is 1. The number of hydrogen-bond donors (Lipinski definition) is 3. The number of aliphatic hydroxyl groups is 2.